The number of nitrogens with two attached hydrogens (primary N) is 1. The molecule has 1 aromatic heterocycles. The molecule has 5 heteroatoms. The normalized spacial score (nSPS) is 10.4. The molecule has 0 saturated carbocycles. The van der Waals surface area contributed by atoms with Gasteiger partial charge in [0, 0.05) is 17.6 Å². The van der Waals surface area contributed by atoms with E-state index in [0.29, 0.717) is 6.54 Å². The lowest BCUT2D eigenvalue weighted by Crippen LogP contribution is -2.12. The molecule has 0 aliphatic heterocycles. The quantitative estimate of drug-likeness (QED) is 0.901. The maximum absolute atomic E-state index is 5.42. The van der Waals surface area contributed by atoms with Crippen molar-refractivity contribution in [3.8, 4) is 5.69 Å². The van der Waals surface area contributed by atoms with Gasteiger partial charge in [-0.3, -0.25) is 0 Å². The molecule has 16 heavy (non-hydrogen) atoms. The van der Waals surface area contributed by atoms with E-state index in [0.717, 1.165) is 22.4 Å². The molecule has 4 nitrogen and oxygen atoms in total. The number of halogens is 1. The summed E-state index contributed by atoms with van der Waals surface area (Å²) in [5.41, 5.74) is 7.42. The third-order valence-corrected chi connectivity index (χ3v) is 2.62. The molecule has 0 atom stereocenters. The summed E-state index contributed by atoms with van der Waals surface area (Å²) in [4.78, 5) is 0. The van der Waals surface area contributed by atoms with Crippen LogP contribution in [0.2, 0.25) is 0 Å². The summed E-state index contributed by atoms with van der Waals surface area (Å²) in [6.07, 6.45) is 3.73. The van der Waals surface area contributed by atoms with Crippen LogP contribution in [-0.4, -0.2) is 22.9 Å². The molecule has 0 spiro atoms. The smallest absolute Gasteiger partial charge is 0.0731 e. The predicted molar refractivity (Wildman–Crippen MR) is 68.8 cm³/mol. The monoisotopic (exact) mass is 280 g/mol. The molecule has 0 radical (unpaired) electrons. The molecular formula is C11H13BrN4. The van der Waals surface area contributed by atoms with Crippen molar-refractivity contribution in [3.05, 3.63) is 41.1 Å². The first-order chi connectivity index (χ1) is 7.79. The van der Waals surface area contributed by atoms with Crippen LogP contribution in [0.3, 0.4) is 0 Å². The Morgan fingerprint density at radius 1 is 1.44 bits per heavy atom. The van der Waals surface area contributed by atoms with Gasteiger partial charge < -0.3 is 11.1 Å². The average Bonchev–Trinajstić information content (AvgIpc) is 2.75. The lowest BCUT2D eigenvalue weighted by atomic mass is 10.3. The fourth-order valence-electron chi connectivity index (χ4n) is 1.39. The van der Waals surface area contributed by atoms with Gasteiger partial charge in [0.2, 0.25) is 0 Å². The Morgan fingerprint density at radius 2 is 2.31 bits per heavy atom. The van der Waals surface area contributed by atoms with Gasteiger partial charge in [-0.1, -0.05) is 22.0 Å². The fraction of sp³-hybridized carbons (Fsp3) is 0.182. The zero-order valence-electron chi connectivity index (χ0n) is 8.73. The molecule has 1 heterocycles. The van der Waals surface area contributed by atoms with Crippen molar-refractivity contribution in [3.63, 3.8) is 0 Å². The van der Waals surface area contributed by atoms with Crippen LogP contribution in [0.4, 0.5) is 5.69 Å². The Balaban J connectivity index is 2.18. The van der Waals surface area contributed by atoms with Gasteiger partial charge in [0.15, 0.2) is 0 Å². The molecule has 0 bridgehead atoms. The number of nitrogens with zero attached hydrogens (tertiary/aromatic N) is 2. The van der Waals surface area contributed by atoms with E-state index in [-0.39, 0.29) is 0 Å². The van der Waals surface area contributed by atoms with E-state index in [1.165, 1.54) is 0 Å². The minimum absolute atomic E-state index is 0.613. The number of rotatable bonds is 4. The van der Waals surface area contributed by atoms with E-state index < -0.39 is 0 Å². The van der Waals surface area contributed by atoms with Gasteiger partial charge in [0.25, 0.3) is 0 Å². The second-order valence-electron chi connectivity index (χ2n) is 3.37. The van der Waals surface area contributed by atoms with Crippen LogP contribution in [0.25, 0.3) is 5.69 Å². The molecule has 1 aromatic carbocycles. The van der Waals surface area contributed by atoms with E-state index >= 15 is 0 Å². The van der Waals surface area contributed by atoms with Crippen LogP contribution in [0, 0.1) is 0 Å². The van der Waals surface area contributed by atoms with Crippen molar-refractivity contribution in [2.24, 2.45) is 5.73 Å². The van der Waals surface area contributed by atoms with Crippen LogP contribution < -0.4 is 11.1 Å². The largest absolute Gasteiger partial charge is 0.381 e. The van der Waals surface area contributed by atoms with Crippen molar-refractivity contribution >= 4 is 21.6 Å². The molecule has 2 aromatic rings. The van der Waals surface area contributed by atoms with Gasteiger partial charge in [-0.25, -0.2) is 4.68 Å². The maximum atomic E-state index is 5.42. The van der Waals surface area contributed by atoms with E-state index in [1.54, 1.807) is 6.20 Å². The van der Waals surface area contributed by atoms with Gasteiger partial charge in [-0.15, -0.1) is 0 Å². The molecule has 84 valence electrons. The van der Waals surface area contributed by atoms with Gasteiger partial charge in [0.1, 0.15) is 0 Å². The van der Waals surface area contributed by atoms with Crippen molar-refractivity contribution in [2.45, 2.75) is 0 Å². The summed E-state index contributed by atoms with van der Waals surface area (Å²) < 4.78 is 2.86. The molecular weight excluding hydrogens is 268 g/mol. The van der Waals surface area contributed by atoms with E-state index in [9.17, 15) is 0 Å². The second kappa shape index (κ2) is 5.14. The Hall–Kier alpha value is -1.33. The van der Waals surface area contributed by atoms with E-state index in [2.05, 4.69) is 26.3 Å². The molecule has 2 rings (SSSR count). The predicted octanol–water partition coefficient (Wildman–Crippen LogP) is 2.01. The summed E-state index contributed by atoms with van der Waals surface area (Å²) >= 11 is 3.43. The number of benzene rings is 1. The number of aromatic nitrogens is 2. The topological polar surface area (TPSA) is 55.9 Å². The highest BCUT2D eigenvalue weighted by Crippen LogP contribution is 2.16. The number of hydrogen-bond donors (Lipinski definition) is 2. The zero-order chi connectivity index (χ0) is 11.4. The summed E-state index contributed by atoms with van der Waals surface area (Å²) in [7, 11) is 0. The van der Waals surface area contributed by atoms with Gasteiger partial charge >= 0.3 is 0 Å². The highest BCUT2D eigenvalue weighted by atomic mass is 79.9. The number of anilines is 1. The Bertz CT molecular complexity index is 467. The first-order valence-corrected chi connectivity index (χ1v) is 5.83. The third kappa shape index (κ3) is 2.62. The lowest BCUT2D eigenvalue weighted by molar-refractivity contribution is 0.880. The summed E-state index contributed by atoms with van der Waals surface area (Å²) in [5, 5.41) is 7.45. The SMILES string of the molecule is NCCNc1cnn(-c2cccc(Br)c2)c1. The van der Waals surface area contributed by atoms with Crippen LogP contribution in [0.15, 0.2) is 41.1 Å². The second-order valence-corrected chi connectivity index (χ2v) is 4.28. The Morgan fingerprint density at radius 3 is 3.06 bits per heavy atom. The summed E-state index contributed by atoms with van der Waals surface area (Å²) in [5.74, 6) is 0. The third-order valence-electron chi connectivity index (χ3n) is 2.13. The average molecular weight is 281 g/mol. The van der Waals surface area contributed by atoms with Gasteiger partial charge in [-0.2, -0.15) is 5.10 Å². The Kier molecular flexibility index (Phi) is 3.58. The molecule has 0 fully saturated rings. The zero-order valence-corrected chi connectivity index (χ0v) is 10.3. The standard InChI is InChI=1S/C11H13BrN4/c12-9-2-1-3-11(6-9)16-8-10(7-15-16)14-5-4-13/h1-3,6-8,14H,4-5,13H2. The minimum Gasteiger partial charge on any atom is -0.381 e. The minimum atomic E-state index is 0.613. The molecule has 0 aliphatic carbocycles. The summed E-state index contributed by atoms with van der Waals surface area (Å²) in [6, 6.07) is 7.98. The molecule has 3 N–H and O–H groups in total. The van der Waals surface area contributed by atoms with Crippen LogP contribution in [0.1, 0.15) is 0 Å². The van der Waals surface area contributed by atoms with Crippen LogP contribution >= 0.6 is 15.9 Å². The van der Waals surface area contributed by atoms with Crippen molar-refractivity contribution in [1.82, 2.24) is 9.78 Å². The lowest BCUT2D eigenvalue weighted by Gasteiger charge is -2.01. The first kappa shape index (κ1) is 11.2. The van der Waals surface area contributed by atoms with Crippen LogP contribution in [0.5, 0.6) is 0 Å². The molecule has 0 aliphatic rings. The Labute approximate surface area is 103 Å². The van der Waals surface area contributed by atoms with E-state index in [4.69, 9.17) is 5.73 Å². The maximum Gasteiger partial charge on any atom is 0.0731 e. The van der Waals surface area contributed by atoms with Crippen LogP contribution in [-0.2, 0) is 0 Å². The molecule has 0 unspecified atom stereocenters. The van der Waals surface area contributed by atoms with E-state index in [1.807, 2.05) is 35.1 Å². The van der Waals surface area contributed by atoms with Gasteiger partial charge in [-0.05, 0) is 18.2 Å². The van der Waals surface area contributed by atoms with Crippen molar-refractivity contribution < 1.29 is 0 Å². The van der Waals surface area contributed by atoms with Crippen molar-refractivity contribution in [2.75, 3.05) is 18.4 Å². The number of hydrogen-bond acceptors (Lipinski definition) is 3. The van der Waals surface area contributed by atoms with Crippen molar-refractivity contribution in [1.29, 1.82) is 0 Å². The fourth-order valence-corrected chi connectivity index (χ4v) is 1.78. The first-order valence-electron chi connectivity index (χ1n) is 5.04. The molecule has 0 amide bonds. The highest BCUT2D eigenvalue weighted by Gasteiger charge is 2.00. The summed E-state index contributed by atoms with van der Waals surface area (Å²) in [6.45, 7) is 1.37. The highest BCUT2D eigenvalue weighted by molar-refractivity contribution is 9.10. The van der Waals surface area contributed by atoms with Gasteiger partial charge in [0.05, 0.1) is 23.8 Å². The number of nitrogens with one attached hydrogen (secondary N) is 1. The molecule has 0 saturated heterocycles.